The van der Waals surface area contributed by atoms with Crippen LogP contribution in [0.1, 0.15) is 44.4 Å². The van der Waals surface area contributed by atoms with Gasteiger partial charge in [-0.15, -0.1) is 0 Å². The third-order valence-electron chi connectivity index (χ3n) is 7.27. The fraction of sp³-hybridized carbons (Fsp3) is 0.273. The van der Waals surface area contributed by atoms with Crippen molar-refractivity contribution in [1.82, 2.24) is 4.90 Å². The molecule has 1 fully saturated rings. The van der Waals surface area contributed by atoms with E-state index in [4.69, 9.17) is 9.73 Å². The van der Waals surface area contributed by atoms with Gasteiger partial charge in [-0.3, -0.25) is 9.69 Å². The number of thioether (sulfide) groups is 1. The number of rotatable bonds is 7. The Balaban J connectivity index is 1.53. The van der Waals surface area contributed by atoms with Gasteiger partial charge in [-0.25, -0.2) is 4.99 Å². The molecule has 0 bridgehead atoms. The number of hydrogen-bond donors (Lipinski definition) is 0. The van der Waals surface area contributed by atoms with E-state index in [9.17, 15) is 4.79 Å². The number of para-hydroxylation sites is 1. The lowest BCUT2D eigenvalue weighted by Gasteiger charge is -2.43. The summed E-state index contributed by atoms with van der Waals surface area (Å²) in [6.07, 6.45) is 5.02. The van der Waals surface area contributed by atoms with Crippen LogP contribution in [0, 0.1) is 0 Å². The molecule has 0 atom stereocenters. The SMILES string of the molecule is CCN1c2cc(OC)c(/C=C3/SC(=Nc4ccccc4)N(CCc4ccccc4)C3=O)cc2C(C)=CC1(C)C. The lowest BCUT2D eigenvalue weighted by atomic mass is 9.87. The zero-order valence-corrected chi connectivity index (χ0v) is 24.1. The Kier molecular flexibility index (Phi) is 7.67. The van der Waals surface area contributed by atoms with Crippen LogP contribution in [0.2, 0.25) is 0 Å². The summed E-state index contributed by atoms with van der Waals surface area (Å²) >= 11 is 1.42. The molecule has 3 aromatic rings. The average molecular weight is 538 g/mol. The van der Waals surface area contributed by atoms with E-state index in [1.807, 2.05) is 54.6 Å². The molecule has 3 aromatic carbocycles. The van der Waals surface area contributed by atoms with Crippen molar-refractivity contribution in [2.45, 2.75) is 39.7 Å². The van der Waals surface area contributed by atoms with E-state index in [-0.39, 0.29) is 11.4 Å². The maximum atomic E-state index is 13.8. The van der Waals surface area contributed by atoms with E-state index in [0.717, 1.165) is 35.7 Å². The van der Waals surface area contributed by atoms with Gasteiger partial charge in [0.15, 0.2) is 5.17 Å². The number of fused-ring (bicyclic) bond motifs is 1. The first-order chi connectivity index (χ1) is 18.8. The number of benzene rings is 3. The number of hydrogen-bond acceptors (Lipinski definition) is 5. The third-order valence-corrected chi connectivity index (χ3v) is 8.27. The normalized spacial score (nSPS) is 18.5. The molecule has 0 aliphatic carbocycles. The van der Waals surface area contributed by atoms with Crippen molar-refractivity contribution in [2.24, 2.45) is 4.99 Å². The third kappa shape index (κ3) is 5.52. The predicted octanol–water partition coefficient (Wildman–Crippen LogP) is 7.56. The molecule has 2 aliphatic heterocycles. The number of amides is 1. The summed E-state index contributed by atoms with van der Waals surface area (Å²) in [5.74, 6) is 0.719. The number of anilines is 1. The predicted molar refractivity (Wildman–Crippen MR) is 165 cm³/mol. The van der Waals surface area contributed by atoms with Gasteiger partial charge in [-0.2, -0.15) is 0 Å². The van der Waals surface area contributed by atoms with Gasteiger partial charge < -0.3 is 9.64 Å². The fourth-order valence-electron chi connectivity index (χ4n) is 5.42. The number of aliphatic imine (C=N–C) groups is 1. The van der Waals surface area contributed by atoms with Crippen LogP contribution in [0.3, 0.4) is 0 Å². The Bertz CT molecular complexity index is 1460. The van der Waals surface area contributed by atoms with Crippen LogP contribution in [0.5, 0.6) is 5.75 Å². The van der Waals surface area contributed by atoms with E-state index < -0.39 is 0 Å². The van der Waals surface area contributed by atoms with Gasteiger partial charge in [0.25, 0.3) is 5.91 Å². The van der Waals surface area contributed by atoms with Crippen LogP contribution in [0.25, 0.3) is 11.6 Å². The number of methoxy groups -OCH3 is 1. The van der Waals surface area contributed by atoms with Crippen molar-refractivity contribution in [1.29, 1.82) is 0 Å². The molecule has 0 unspecified atom stereocenters. The van der Waals surface area contributed by atoms with Crippen LogP contribution < -0.4 is 9.64 Å². The van der Waals surface area contributed by atoms with Gasteiger partial charge in [0.2, 0.25) is 0 Å². The highest BCUT2D eigenvalue weighted by atomic mass is 32.2. The molecule has 5 nitrogen and oxygen atoms in total. The van der Waals surface area contributed by atoms with E-state index >= 15 is 0 Å². The molecule has 0 spiro atoms. The number of likely N-dealkylation sites (N-methyl/N-ethyl adjacent to an activating group) is 1. The lowest BCUT2D eigenvalue weighted by Crippen LogP contribution is -2.44. The second-order valence-corrected chi connectivity index (χ2v) is 11.4. The van der Waals surface area contributed by atoms with Crippen LogP contribution in [0.15, 0.2) is 88.8 Å². The molecule has 0 N–H and O–H groups in total. The first kappa shape index (κ1) is 26.8. The van der Waals surface area contributed by atoms with Crippen LogP contribution in [-0.2, 0) is 11.2 Å². The minimum Gasteiger partial charge on any atom is -0.496 e. The molecule has 0 aromatic heterocycles. The molecule has 39 heavy (non-hydrogen) atoms. The van der Waals surface area contributed by atoms with Crippen molar-refractivity contribution in [3.05, 3.63) is 100 Å². The Morgan fingerprint density at radius 2 is 1.72 bits per heavy atom. The topological polar surface area (TPSA) is 45.1 Å². The molecule has 1 saturated heterocycles. The smallest absolute Gasteiger partial charge is 0.266 e. The lowest BCUT2D eigenvalue weighted by molar-refractivity contribution is -0.122. The second kappa shape index (κ2) is 11.1. The molecule has 200 valence electrons. The summed E-state index contributed by atoms with van der Waals surface area (Å²) in [5.41, 5.74) is 6.36. The average Bonchev–Trinajstić information content (AvgIpc) is 3.21. The van der Waals surface area contributed by atoms with Gasteiger partial charge in [-0.1, -0.05) is 54.6 Å². The summed E-state index contributed by atoms with van der Waals surface area (Å²) in [4.78, 5) is 23.4. The minimum absolute atomic E-state index is 0.0334. The molecule has 1 amide bonds. The molecule has 2 heterocycles. The van der Waals surface area contributed by atoms with E-state index in [1.54, 1.807) is 12.0 Å². The molecule has 0 saturated carbocycles. The van der Waals surface area contributed by atoms with E-state index in [2.05, 4.69) is 62.9 Å². The number of nitrogens with zero attached hydrogens (tertiary/aromatic N) is 3. The first-order valence-corrected chi connectivity index (χ1v) is 14.2. The number of amidine groups is 1. The number of carbonyl (C=O) groups is 1. The zero-order chi connectivity index (χ0) is 27.6. The largest absolute Gasteiger partial charge is 0.496 e. The van der Waals surface area contributed by atoms with Gasteiger partial charge in [0.05, 0.1) is 23.2 Å². The summed E-state index contributed by atoms with van der Waals surface area (Å²) in [5, 5.41) is 0.695. The molecule has 6 heteroatoms. The van der Waals surface area contributed by atoms with Crippen molar-refractivity contribution >= 4 is 45.9 Å². The zero-order valence-electron chi connectivity index (χ0n) is 23.3. The molecule has 0 radical (unpaired) electrons. The minimum atomic E-state index is -0.0871. The van der Waals surface area contributed by atoms with Crippen molar-refractivity contribution < 1.29 is 9.53 Å². The van der Waals surface area contributed by atoms with Crippen LogP contribution >= 0.6 is 11.8 Å². The Labute approximate surface area is 235 Å². The van der Waals surface area contributed by atoms with Gasteiger partial charge in [-0.05, 0) is 81.3 Å². The highest BCUT2D eigenvalue weighted by molar-refractivity contribution is 8.18. The summed E-state index contributed by atoms with van der Waals surface area (Å²) in [7, 11) is 1.69. The van der Waals surface area contributed by atoms with E-state index in [0.29, 0.717) is 16.6 Å². The standard InChI is InChI=1S/C33H35N3O2S/c1-6-36-28-21-29(38-5)25(19-27(28)23(2)22-33(36,3)4)20-30-31(37)35(18-17-24-13-9-7-10-14-24)32(39-30)34-26-15-11-8-12-16-26/h7-16,19-22H,6,17-18H2,1-5H3/b30-20+,34-32?. The quantitative estimate of drug-likeness (QED) is 0.292. The molecular weight excluding hydrogens is 502 g/mol. The summed E-state index contributed by atoms with van der Waals surface area (Å²) < 4.78 is 5.85. The maximum Gasteiger partial charge on any atom is 0.266 e. The molecule has 5 rings (SSSR count). The second-order valence-electron chi connectivity index (χ2n) is 10.4. The van der Waals surface area contributed by atoms with Crippen molar-refractivity contribution in [3.63, 3.8) is 0 Å². The van der Waals surface area contributed by atoms with Crippen molar-refractivity contribution in [3.8, 4) is 5.75 Å². The Morgan fingerprint density at radius 3 is 2.38 bits per heavy atom. The monoisotopic (exact) mass is 537 g/mol. The first-order valence-electron chi connectivity index (χ1n) is 13.4. The van der Waals surface area contributed by atoms with Crippen LogP contribution in [-0.4, -0.2) is 41.7 Å². The number of allylic oxidation sites excluding steroid dienone is 1. The highest BCUT2D eigenvalue weighted by Gasteiger charge is 2.34. The maximum absolute atomic E-state index is 13.8. The van der Waals surface area contributed by atoms with Crippen LogP contribution in [0.4, 0.5) is 11.4 Å². The number of carbonyl (C=O) groups excluding carboxylic acids is 1. The summed E-state index contributed by atoms with van der Waals surface area (Å²) in [6, 6.07) is 24.3. The molecular formula is C33H35N3O2S. The van der Waals surface area contributed by atoms with E-state index in [1.165, 1.54) is 28.5 Å². The van der Waals surface area contributed by atoms with Gasteiger partial charge in [0.1, 0.15) is 5.75 Å². The van der Waals surface area contributed by atoms with Gasteiger partial charge in [0, 0.05) is 36.0 Å². The molecule has 2 aliphatic rings. The fourth-order valence-corrected chi connectivity index (χ4v) is 6.43. The Morgan fingerprint density at radius 1 is 1.03 bits per heavy atom. The van der Waals surface area contributed by atoms with Crippen molar-refractivity contribution in [2.75, 3.05) is 25.1 Å². The Hall–Kier alpha value is -3.77. The summed E-state index contributed by atoms with van der Waals surface area (Å²) in [6.45, 7) is 10.2. The highest BCUT2D eigenvalue weighted by Crippen LogP contribution is 2.43. The number of ether oxygens (including phenoxy) is 1. The van der Waals surface area contributed by atoms with Gasteiger partial charge >= 0.3 is 0 Å².